The molecule has 1 aromatic rings. The first-order chi connectivity index (χ1) is 7.16. The van der Waals surface area contributed by atoms with E-state index in [1.807, 2.05) is 0 Å². The van der Waals surface area contributed by atoms with Crippen molar-refractivity contribution in [3.63, 3.8) is 0 Å². The highest BCUT2D eigenvalue weighted by Crippen LogP contribution is 2.39. The van der Waals surface area contributed by atoms with E-state index >= 15 is 0 Å². The van der Waals surface area contributed by atoms with Crippen molar-refractivity contribution in [2.45, 2.75) is 13.1 Å². The van der Waals surface area contributed by atoms with Crippen molar-refractivity contribution in [2.24, 2.45) is 0 Å². The van der Waals surface area contributed by atoms with Gasteiger partial charge in [-0.15, -0.1) is 0 Å². The number of nitrogen functional groups attached to an aromatic ring is 1. The van der Waals surface area contributed by atoms with E-state index in [-0.39, 0.29) is 14.8 Å². The molecule has 0 aliphatic carbocycles. The van der Waals surface area contributed by atoms with Crippen molar-refractivity contribution in [1.29, 1.82) is 0 Å². The van der Waals surface area contributed by atoms with Gasteiger partial charge in [-0.05, 0) is 35.1 Å². The van der Waals surface area contributed by atoms with Crippen molar-refractivity contribution in [2.75, 3.05) is 5.73 Å². The first-order valence-electron chi connectivity index (χ1n) is 3.96. The Kier molecular flexibility index (Phi) is 3.31. The molecule has 0 bridgehead atoms. The maximum Gasteiger partial charge on any atom is 0.417 e. The van der Waals surface area contributed by atoms with Crippen LogP contribution < -0.4 is 5.73 Å². The Bertz CT molecular complexity index is 460. The van der Waals surface area contributed by atoms with Crippen LogP contribution in [0.25, 0.3) is 0 Å². The number of anilines is 1. The third-order valence-electron chi connectivity index (χ3n) is 2.03. The fourth-order valence-corrected chi connectivity index (χ4v) is 1.90. The van der Waals surface area contributed by atoms with Crippen LogP contribution in [0.3, 0.4) is 0 Å². The first kappa shape index (κ1) is 13.0. The van der Waals surface area contributed by atoms with Crippen LogP contribution in [-0.2, 0) is 6.18 Å². The molecule has 8 heteroatoms. The Labute approximate surface area is 102 Å². The SMILES string of the molecule is Cc1c(N)c([N+](=O)[O-])cc(C(F)(F)F)c1I. The third-order valence-corrected chi connectivity index (χ3v) is 3.42. The predicted molar refractivity (Wildman–Crippen MR) is 60.0 cm³/mol. The monoisotopic (exact) mass is 346 g/mol. The van der Waals surface area contributed by atoms with Gasteiger partial charge in [0.2, 0.25) is 0 Å². The Morgan fingerprint density at radius 2 is 2.00 bits per heavy atom. The molecule has 0 amide bonds. The molecule has 0 atom stereocenters. The fourth-order valence-electron chi connectivity index (χ4n) is 1.15. The van der Waals surface area contributed by atoms with Crippen LogP contribution in [0.2, 0.25) is 0 Å². The average molecular weight is 346 g/mol. The maximum atomic E-state index is 12.5. The minimum Gasteiger partial charge on any atom is -0.393 e. The van der Waals surface area contributed by atoms with E-state index in [0.29, 0.717) is 6.07 Å². The molecule has 88 valence electrons. The van der Waals surface area contributed by atoms with Gasteiger partial charge in [-0.2, -0.15) is 13.2 Å². The summed E-state index contributed by atoms with van der Waals surface area (Å²) in [6.07, 6.45) is -4.63. The normalized spacial score (nSPS) is 11.6. The van der Waals surface area contributed by atoms with E-state index in [9.17, 15) is 23.3 Å². The highest BCUT2D eigenvalue weighted by molar-refractivity contribution is 14.1. The molecule has 0 unspecified atom stereocenters. The average Bonchev–Trinajstić information content (AvgIpc) is 2.11. The predicted octanol–water partition coefficient (Wildman–Crippen LogP) is 3.11. The van der Waals surface area contributed by atoms with Crippen LogP contribution in [0.5, 0.6) is 0 Å². The summed E-state index contributed by atoms with van der Waals surface area (Å²) in [6.45, 7) is 1.32. The molecule has 0 fully saturated rings. The molecule has 0 heterocycles. The van der Waals surface area contributed by atoms with Gasteiger partial charge in [0.05, 0.1) is 10.5 Å². The minimum absolute atomic E-state index is 0.0714. The summed E-state index contributed by atoms with van der Waals surface area (Å²) in [4.78, 5) is 9.60. The Balaban J connectivity index is 3.61. The molecular weight excluding hydrogens is 340 g/mol. The van der Waals surface area contributed by atoms with Gasteiger partial charge in [-0.25, -0.2) is 0 Å². The van der Waals surface area contributed by atoms with Gasteiger partial charge in [0.1, 0.15) is 5.69 Å². The summed E-state index contributed by atoms with van der Waals surface area (Å²) in [6, 6.07) is 0.462. The number of rotatable bonds is 1. The second-order valence-electron chi connectivity index (χ2n) is 3.05. The molecule has 0 saturated carbocycles. The largest absolute Gasteiger partial charge is 0.417 e. The Morgan fingerprint density at radius 3 is 2.38 bits per heavy atom. The standard InChI is InChI=1S/C8H6F3IN2O2/c1-3-6(12)4(8(9,10)11)2-5(7(3)13)14(15)16/h2H,13H2,1H3. The number of nitro benzene ring substituents is 1. The number of halogens is 4. The zero-order valence-corrected chi connectivity index (χ0v) is 10.1. The fraction of sp³-hybridized carbons (Fsp3) is 0.250. The zero-order valence-electron chi connectivity index (χ0n) is 7.93. The summed E-state index contributed by atoms with van der Waals surface area (Å²) >= 11 is 1.47. The number of benzene rings is 1. The van der Waals surface area contributed by atoms with Crippen LogP contribution in [0, 0.1) is 20.6 Å². The highest BCUT2D eigenvalue weighted by atomic mass is 127. The van der Waals surface area contributed by atoms with Gasteiger partial charge < -0.3 is 5.73 Å². The van der Waals surface area contributed by atoms with Crippen LogP contribution in [0.15, 0.2) is 6.07 Å². The number of nitrogens with zero attached hydrogens (tertiary/aromatic N) is 1. The summed E-state index contributed by atoms with van der Waals surface area (Å²) in [5.41, 5.74) is 3.47. The molecule has 2 N–H and O–H groups in total. The smallest absolute Gasteiger partial charge is 0.393 e. The van der Waals surface area contributed by atoms with Crippen molar-refractivity contribution in [3.8, 4) is 0 Å². The molecule has 0 radical (unpaired) electrons. The van der Waals surface area contributed by atoms with Gasteiger partial charge in [0.25, 0.3) is 5.69 Å². The third kappa shape index (κ3) is 2.20. The molecule has 0 aromatic heterocycles. The number of nitro groups is 1. The van der Waals surface area contributed by atoms with Crippen LogP contribution in [0.1, 0.15) is 11.1 Å². The minimum atomic E-state index is -4.63. The molecule has 1 aromatic carbocycles. The van der Waals surface area contributed by atoms with Gasteiger partial charge >= 0.3 is 6.18 Å². The summed E-state index contributed by atoms with van der Waals surface area (Å²) in [5, 5.41) is 10.5. The second-order valence-corrected chi connectivity index (χ2v) is 4.13. The lowest BCUT2D eigenvalue weighted by molar-refractivity contribution is -0.384. The zero-order chi connectivity index (χ0) is 12.7. The van der Waals surface area contributed by atoms with Crippen molar-refractivity contribution in [1.82, 2.24) is 0 Å². The van der Waals surface area contributed by atoms with Gasteiger partial charge in [0, 0.05) is 9.64 Å². The topological polar surface area (TPSA) is 69.2 Å². The van der Waals surface area contributed by atoms with E-state index in [1.54, 1.807) is 0 Å². The van der Waals surface area contributed by atoms with Crippen molar-refractivity contribution in [3.05, 3.63) is 30.9 Å². The van der Waals surface area contributed by atoms with Crippen molar-refractivity contribution >= 4 is 34.0 Å². The Hall–Kier alpha value is -1.06. The number of nitrogens with two attached hydrogens (primary N) is 1. The van der Waals surface area contributed by atoms with Crippen molar-refractivity contribution < 1.29 is 18.1 Å². The van der Waals surface area contributed by atoms with Crippen LogP contribution in [0.4, 0.5) is 24.5 Å². The van der Waals surface area contributed by atoms with E-state index in [0.717, 1.165) is 0 Å². The number of alkyl halides is 3. The van der Waals surface area contributed by atoms with Gasteiger partial charge in [-0.1, -0.05) is 0 Å². The molecule has 0 spiro atoms. The van der Waals surface area contributed by atoms with E-state index in [2.05, 4.69) is 0 Å². The van der Waals surface area contributed by atoms with E-state index < -0.39 is 22.4 Å². The molecule has 4 nitrogen and oxygen atoms in total. The highest BCUT2D eigenvalue weighted by Gasteiger charge is 2.36. The molecule has 0 saturated heterocycles. The molecule has 1 rings (SSSR count). The first-order valence-corrected chi connectivity index (χ1v) is 5.04. The van der Waals surface area contributed by atoms with Crippen LogP contribution >= 0.6 is 22.6 Å². The van der Waals surface area contributed by atoms with E-state index in [4.69, 9.17) is 5.73 Å². The summed E-state index contributed by atoms with van der Waals surface area (Å²) < 4.78 is 37.5. The lowest BCUT2D eigenvalue weighted by atomic mass is 10.1. The lowest BCUT2D eigenvalue weighted by Gasteiger charge is -2.12. The van der Waals surface area contributed by atoms with Crippen LogP contribution in [-0.4, -0.2) is 4.92 Å². The van der Waals surface area contributed by atoms with Gasteiger partial charge in [0.15, 0.2) is 0 Å². The molecular formula is C8H6F3IN2O2. The number of hydrogen-bond donors (Lipinski definition) is 1. The maximum absolute atomic E-state index is 12.5. The molecule has 16 heavy (non-hydrogen) atoms. The summed E-state index contributed by atoms with van der Waals surface area (Å²) in [7, 11) is 0. The number of hydrogen-bond acceptors (Lipinski definition) is 3. The lowest BCUT2D eigenvalue weighted by Crippen LogP contribution is -2.11. The van der Waals surface area contributed by atoms with Gasteiger partial charge in [-0.3, -0.25) is 10.1 Å². The van der Waals surface area contributed by atoms with E-state index in [1.165, 1.54) is 29.5 Å². The quantitative estimate of drug-likeness (QED) is 0.368. The second kappa shape index (κ2) is 4.07. The summed E-state index contributed by atoms with van der Waals surface area (Å²) in [5.74, 6) is 0. The molecule has 0 aliphatic rings. The molecule has 0 aliphatic heterocycles. The Morgan fingerprint density at radius 1 is 1.50 bits per heavy atom.